The molecule has 3 rings (SSSR count). The minimum atomic E-state index is -2.96. The summed E-state index contributed by atoms with van der Waals surface area (Å²) in [6.07, 6.45) is 1.72. The maximum atomic E-state index is 11.7. The second-order valence-corrected chi connectivity index (χ2v) is 7.77. The van der Waals surface area contributed by atoms with Gasteiger partial charge in [0.05, 0.1) is 19.0 Å². The summed E-state index contributed by atoms with van der Waals surface area (Å²) in [6.45, 7) is 6.00. The van der Waals surface area contributed by atoms with Crippen LogP contribution in [0, 0.1) is 0 Å². The topological polar surface area (TPSA) is 59.1 Å². The molecule has 1 unspecified atom stereocenters. The fraction of sp³-hybridized carbons (Fsp3) is 1.00. The molecule has 6 nitrogen and oxygen atoms in total. The maximum absolute atomic E-state index is 11.7. The molecule has 0 radical (unpaired) electrons. The Morgan fingerprint density at radius 3 is 2.74 bits per heavy atom. The van der Waals surface area contributed by atoms with E-state index in [0.717, 1.165) is 45.7 Å². The molecular formula is C12H22N2O4S. The van der Waals surface area contributed by atoms with Crippen molar-refractivity contribution in [2.75, 3.05) is 58.3 Å². The second-order valence-electron chi connectivity index (χ2n) is 5.68. The SMILES string of the molecule is O=S1(=O)CCCN1CCN1CCOC2(CCOC2)C1. The summed E-state index contributed by atoms with van der Waals surface area (Å²) in [5.41, 5.74) is -0.137. The molecule has 3 aliphatic rings. The van der Waals surface area contributed by atoms with Gasteiger partial charge in [-0.3, -0.25) is 4.90 Å². The Labute approximate surface area is 114 Å². The summed E-state index contributed by atoms with van der Waals surface area (Å²) < 4.78 is 36.4. The molecule has 1 atom stereocenters. The van der Waals surface area contributed by atoms with Gasteiger partial charge >= 0.3 is 0 Å². The zero-order chi connectivity index (χ0) is 13.3. The molecule has 110 valence electrons. The predicted octanol–water partition coefficient (Wildman–Crippen LogP) is -0.487. The molecule has 0 amide bonds. The monoisotopic (exact) mass is 290 g/mol. The van der Waals surface area contributed by atoms with Crippen LogP contribution < -0.4 is 0 Å². The van der Waals surface area contributed by atoms with Crippen molar-refractivity contribution in [3.63, 3.8) is 0 Å². The zero-order valence-corrected chi connectivity index (χ0v) is 12.0. The molecule has 0 aliphatic carbocycles. The van der Waals surface area contributed by atoms with Crippen molar-refractivity contribution in [3.05, 3.63) is 0 Å². The average molecular weight is 290 g/mol. The van der Waals surface area contributed by atoms with Gasteiger partial charge < -0.3 is 9.47 Å². The van der Waals surface area contributed by atoms with E-state index in [1.165, 1.54) is 0 Å². The molecular weight excluding hydrogens is 268 g/mol. The molecule has 0 aromatic heterocycles. The third kappa shape index (κ3) is 2.95. The number of hydrogen-bond acceptors (Lipinski definition) is 5. The number of hydrogen-bond donors (Lipinski definition) is 0. The lowest BCUT2D eigenvalue weighted by Crippen LogP contribution is -2.53. The van der Waals surface area contributed by atoms with Gasteiger partial charge in [0.1, 0.15) is 5.60 Å². The number of morpholine rings is 1. The van der Waals surface area contributed by atoms with Crippen LogP contribution in [-0.2, 0) is 19.5 Å². The molecule has 3 heterocycles. The first-order valence-electron chi connectivity index (χ1n) is 7.02. The summed E-state index contributed by atoms with van der Waals surface area (Å²) in [7, 11) is -2.96. The summed E-state index contributed by atoms with van der Waals surface area (Å²) >= 11 is 0. The van der Waals surface area contributed by atoms with Gasteiger partial charge in [-0.15, -0.1) is 0 Å². The fourth-order valence-corrected chi connectivity index (χ4v) is 4.66. The minimum Gasteiger partial charge on any atom is -0.378 e. The van der Waals surface area contributed by atoms with Crippen molar-refractivity contribution < 1.29 is 17.9 Å². The van der Waals surface area contributed by atoms with Crippen LogP contribution in [0.1, 0.15) is 12.8 Å². The summed E-state index contributed by atoms with van der Waals surface area (Å²) in [5, 5.41) is 0. The first kappa shape index (κ1) is 13.8. The molecule has 0 saturated carbocycles. The van der Waals surface area contributed by atoms with Gasteiger partial charge in [-0.1, -0.05) is 0 Å². The van der Waals surface area contributed by atoms with Gasteiger partial charge in [0, 0.05) is 45.8 Å². The van der Waals surface area contributed by atoms with E-state index in [9.17, 15) is 8.42 Å². The van der Waals surface area contributed by atoms with E-state index in [0.29, 0.717) is 25.4 Å². The van der Waals surface area contributed by atoms with Crippen molar-refractivity contribution in [2.24, 2.45) is 0 Å². The molecule has 3 saturated heterocycles. The Morgan fingerprint density at radius 2 is 2.05 bits per heavy atom. The van der Waals surface area contributed by atoms with E-state index in [1.807, 2.05) is 0 Å². The van der Waals surface area contributed by atoms with Gasteiger partial charge in [-0.05, 0) is 6.42 Å². The Morgan fingerprint density at radius 1 is 1.16 bits per heavy atom. The van der Waals surface area contributed by atoms with E-state index in [1.54, 1.807) is 4.31 Å². The lowest BCUT2D eigenvalue weighted by molar-refractivity contribution is -0.109. The molecule has 0 aromatic rings. The molecule has 3 fully saturated rings. The molecule has 3 aliphatic heterocycles. The van der Waals surface area contributed by atoms with Crippen LogP contribution in [0.15, 0.2) is 0 Å². The normalized spacial score (nSPS) is 36.2. The maximum Gasteiger partial charge on any atom is 0.214 e. The number of sulfonamides is 1. The van der Waals surface area contributed by atoms with Gasteiger partial charge in [-0.25, -0.2) is 12.7 Å². The van der Waals surface area contributed by atoms with Crippen LogP contribution in [0.25, 0.3) is 0 Å². The van der Waals surface area contributed by atoms with Crippen LogP contribution in [0.2, 0.25) is 0 Å². The highest BCUT2D eigenvalue weighted by molar-refractivity contribution is 7.89. The minimum absolute atomic E-state index is 0.137. The molecule has 19 heavy (non-hydrogen) atoms. The van der Waals surface area contributed by atoms with E-state index in [2.05, 4.69) is 4.90 Å². The Balaban J connectivity index is 1.53. The van der Waals surface area contributed by atoms with Crippen molar-refractivity contribution >= 4 is 10.0 Å². The number of ether oxygens (including phenoxy) is 2. The lowest BCUT2D eigenvalue weighted by Gasteiger charge is -2.39. The summed E-state index contributed by atoms with van der Waals surface area (Å²) in [6, 6.07) is 0. The Bertz CT molecular complexity index is 419. The molecule has 7 heteroatoms. The second kappa shape index (κ2) is 5.29. The van der Waals surface area contributed by atoms with Crippen molar-refractivity contribution in [3.8, 4) is 0 Å². The molecule has 1 spiro atoms. The van der Waals surface area contributed by atoms with Crippen LogP contribution in [0.3, 0.4) is 0 Å². The number of rotatable bonds is 3. The number of nitrogens with zero attached hydrogens (tertiary/aromatic N) is 2. The van der Waals surface area contributed by atoms with Gasteiger partial charge in [0.2, 0.25) is 10.0 Å². The first-order valence-corrected chi connectivity index (χ1v) is 8.63. The third-order valence-corrected chi connectivity index (χ3v) is 6.22. The standard InChI is InChI=1S/C12H22N2O4S/c15-19(16)9-1-3-14(19)5-4-13-6-8-18-12(10-13)2-7-17-11-12/h1-11H2. The average Bonchev–Trinajstić information content (AvgIpc) is 2.94. The van der Waals surface area contributed by atoms with Gasteiger partial charge in [0.15, 0.2) is 0 Å². The Kier molecular flexibility index (Phi) is 3.83. The molecule has 0 N–H and O–H groups in total. The highest BCUT2D eigenvalue weighted by Crippen LogP contribution is 2.27. The van der Waals surface area contributed by atoms with E-state index in [4.69, 9.17) is 9.47 Å². The smallest absolute Gasteiger partial charge is 0.214 e. The zero-order valence-electron chi connectivity index (χ0n) is 11.2. The van der Waals surface area contributed by atoms with Crippen molar-refractivity contribution in [2.45, 2.75) is 18.4 Å². The summed E-state index contributed by atoms with van der Waals surface area (Å²) in [5.74, 6) is 0.313. The first-order chi connectivity index (χ1) is 9.10. The molecule has 0 aromatic carbocycles. The van der Waals surface area contributed by atoms with Gasteiger partial charge in [0.25, 0.3) is 0 Å². The van der Waals surface area contributed by atoms with Crippen LogP contribution >= 0.6 is 0 Å². The highest BCUT2D eigenvalue weighted by Gasteiger charge is 2.40. The lowest BCUT2D eigenvalue weighted by atomic mass is 10.0. The van der Waals surface area contributed by atoms with E-state index >= 15 is 0 Å². The van der Waals surface area contributed by atoms with Crippen LogP contribution in [-0.4, -0.2) is 81.5 Å². The van der Waals surface area contributed by atoms with Crippen LogP contribution in [0.5, 0.6) is 0 Å². The Hall–Kier alpha value is -0.210. The van der Waals surface area contributed by atoms with Gasteiger partial charge in [-0.2, -0.15) is 0 Å². The third-order valence-electron chi connectivity index (χ3n) is 4.26. The largest absolute Gasteiger partial charge is 0.378 e. The predicted molar refractivity (Wildman–Crippen MR) is 70.5 cm³/mol. The highest BCUT2D eigenvalue weighted by atomic mass is 32.2. The fourth-order valence-electron chi connectivity index (χ4n) is 3.14. The van der Waals surface area contributed by atoms with Crippen LogP contribution in [0.4, 0.5) is 0 Å². The molecule has 0 bridgehead atoms. The van der Waals surface area contributed by atoms with Crippen molar-refractivity contribution in [1.82, 2.24) is 9.21 Å². The summed E-state index contributed by atoms with van der Waals surface area (Å²) in [4.78, 5) is 2.31. The van der Waals surface area contributed by atoms with E-state index < -0.39 is 10.0 Å². The quantitative estimate of drug-likeness (QED) is 0.702. The van der Waals surface area contributed by atoms with E-state index in [-0.39, 0.29) is 5.60 Å². The van der Waals surface area contributed by atoms with Crippen molar-refractivity contribution in [1.29, 1.82) is 0 Å².